The molecule has 0 aliphatic carbocycles. The molecule has 26 heavy (non-hydrogen) atoms. The highest BCUT2D eigenvalue weighted by molar-refractivity contribution is 14.1. The van der Waals surface area contributed by atoms with Crippen LogP contribution in [0.25, 0.3) is 0 Å². The van der Waals surface area contributed by atoms with Crippen LogP contribution in [0.3, 0.4) is 0 Å². The van der Waals surface area contributed by atoms with E-state index < -0.39 is 0 Å². The van der Waals surface area contributed by atoms with Gasteiger partial charge in [-0.25, -0.2) is 0 Å². The zero-order valence-corrected chi connectivity index (χ0v) is 17.6. The summed E-state index contributed by atoms with van der Waals surface area (Å²) in [6.07, 6.45) is 0. The van der Waals surface area contributed by atoms with Crippen LogP contribution in [-0.2, 0) is 0 Å². The zero-order valence-electron chi connectivity index (χ0n) is 14.7. The number of ether oxygens (including phenoxy) is 2. The third-order valence-electron chi connectivity index (χ3n) is 4.44. The van der Waals surface area contributed by atoms with Crippen molar-refractivity contribution in [2.75, 3.05) is 45.3 Å². The minimum atomic E-state index is 0.0149. The van der Waals surface area contributed by atoms with Crippen molar-refractivity contribution in [3.8, 4) is 11.5 Å². The Bertz CT molecular complexity index is 807. The Morgan fingerprint density at radius 3 is 2.31 bits per heavy atom. The molecule has 1 saturated heterocycles. The van der Waals surface area contributed by atoms with Gasteiger partial charge in [0.05, 0.1) is 19.8 Å². The van der Waals surface area contributed by atoms with Crippen molar-refractivity contribution in [3.05, 3.63) is 50.6 Å². The molecule has 3 rings (SSSR count). The van der Waals surface area contributed by atoms with Gasteiger partial charge in [0.15, 0.2) is 11.5 Å². The van der Waals surface area contributed by atoms with Gasteiger partial charge in [-0.15, -0.1) is 0 Å². The smallest absolute Gasteiger partial charge is 0.255 e. The number of carbonyl (C=O) groups excluding carboxylic acids is 1. The van der Waals surface area contributed by atoms with Crippen LogP contribution in [0.15, 0.2) is 36.4 Å². The molecule has 0 spiro atoms. The zero-order chi connectivity index (χ0) is 18.7. The van der Waals surface area contributed by atoms with Crippen molar-refractivity contribution < 1.29 is 14.3 Å². The molecule has 0 unspecified atom stereocenters. The summed E-state index contributed by atoms with van der Waals surface area (Å²) in [6, 6.07) is 11.4. The van der Waals surface area contributed by atoms with Crippen LogP contribution >= 0.6 is 34.2 Å². The monoisotopic (exact) mass is 486 g/mol. The number of piperazine rings is 1. The van der Waals surface area contributed by atoms with Crippen LogP contribution in [0.4, 0.5) is 5.69 Å². The van der Waals surface area contributed by atoms with E-state index in [-0.39, 0.29) is 5.91 Å². The van der Waals surface area contributed by atoms with E-state index in [9.17, 15) is 4.79 Å². The van der Waals surface area contributed by atoms with Gasteiger partial charge in [-0.2, -0.15) is 0 Å². The molecule has 1 heterocycles. The average Bonchev–Trinajstić information content (AvgIpc) is 2.67. The van der Waals surface area contributed by atoms with E-state index in [4.69, 9.17) is 21.1 Å². The molecule has 1 aliphatic rings. The van der Waals surface area contributed by atoms with Gasteiger partial charge < -0.3 is 19.3 Å². The van der Waals surface area contributed by atoms with E-state index in [0.717, 1.165) is 27.4 Å². The number of hydrogen-bond acceptors (Lipinski definition) is 4. The number of halogens is 2. The van der Waals surface area contributed by atoms with Gasteiger partial charge >= 0.3 is 0 Å². The largest absolute Gasteiger partial charge is 0.493 e. The van der Waals surface area contributed by atoms with Gasteiger partial charge in [0.1, 0.15) is 0 Å². The quantitative estimate of drug-likeness (QED) is 0.615. The Morgan fingerprint density at radius 1 is 1.04 bits per heavy atom. The Morgan fingerprint density at radius 2 is 1.69 bits per heavy atom. The van der Waals surface area contributed by atoms with E-state index in [2.05, 4.69) is 27.5 Å². The van der Waals surface area contributed by atoms with Crippen molar-refractivity contribution in [2.45, 2.75) is 0 Å². The van der Waals surface area contributed by atoms with Gasteiger partial charge in [-0.1, -0.05) is 17.7 Å². The summed E-state index contributed by atoms with van der Waals surface area (Å²) in [5.41, 5.74) is 1.73. The van der Waals surface area contributed by atoms with E-state index >= 15 is 0 Å². The molecular weight excluding hydrogens is 467 g/mol. The Kier molecular flexibility index (Phi) is 6.13. The molecule has 2 aromatic carbocycles. The van der Waals surface area contributed by atoms with E-state index in [0.29, 0.717) is 30.2 Å². The number of rotatable bonds is 4. The van der Waals surface area contributed by atoms with E-state index in [1.54, 1.807) is 20.3 Å². The Labute approximate surface area is 172 Å². The first kappa shape index (κ1) is 19.1. The number of hydrogen-bond donors (Lipinski definition) is 0. The van der Waals surface area contributed by atoms with Crippen molar-refractivity contribution in [2.24, 2.45) is 0 Å². The van der Waals surface area contributed by atoms with Gasteiger partial charge in [0.25, 0.3) is 5.91 Å². The van der Waals surface area contributed by atoms with Crippen LogP contribution in [-0.4, -0.2) is 51.2 Å². The second kappa shape index (κ2) is 8.35. The van der Waals surface area contributed by atoms with Gasteiger partial charge in [0, 0.05) is 40.5 Å². The molecule has 0 radical (unpaired) electrons. The highest BCUT2D eigenvalue weighted by Gasteiger charge is 2.25. The van der Waals surface area contributed by atoms with Gasteiger partial charge in [-0.05, 0) is 52.9 Å². The van der Waals surface area contributed by atoms with Crippen molar-refractivity contribution >= 4 is 45.8 Å². The minimum absolute atomic E-state index is 0.0149. The highest BCUT2D eigenvalue weighted by atomic mass is 127. The molecule has 1 amide bonds. The van der Waals surface area contributed by atoms with Crippen LogP contribution in [0.1, 0.15) is 10.4 Å². The fourth-order valence-corrected chi connectivity index (χ4v) is 3.88. The summed E-state index contributed by atoms with van der Waals surface area (Å²) >= 11 is 8.24. The van der Waals surface area contributed by atoms with Crippen LogP contribution in [0.2, 0.25) is 5.02 Å². The summed E-state index contributed by atoms with van der Waals surface area (Å²) in [4.78, 5) is 17.1. The maximum absolute atomic E-state index is 13.0. The SMILES string of the molecule is COc1cc(I)c(C(=O)N2CCN(c3cccc(Cl)c3)CC2)cc1OC. The third kappa shape index (κ3) is 4.01. The number of amides is 1. The molecule has 2 aromatic rings. The lowest BCUT2D eigenvalue weighted by Gasteiger charge is -2.36. The maximum Gasteiger partial charge on any atom is 0.255 e. The first-order valence-electron chi connectivity index (χ1n) is 8.25. The van der Waals surface area contributed by atoms with E-state index in [1.807, 2.05) is 35.2 Å². The molecule has 0 N–H and O–H groups in total. The number of carbonyl (C=O) groups is 1. The number of anilines is 1. The van der Waals surface area contributed by atoms with Gasteiger partial charge in [0.2, 0.25) is 0 Å². The molecule has 0 aromatic heterocycles. The maximum atomic E-state index is 13.0. The first-order valence-corrected chi connectivity index (χ1v) is 9.70. The first-order chi connectivity index (χ1) is 12.5. The summed E-state index contributed by atoms with van der Waals surface area (Å²) in [7, 11) is 3.16. The molecule has 0 atom stereocenters. The van der Waals surface area contributed by atoms with Crippen molar-refractivity contribution in [3.63, 3.8) is 0 Å². The standard InChI is InChI=1S/C19H20ClIN2O3/c1-25-17-11-15(16(21)12-18(17)26-2)19(24)23-8-6-22(7-9-23)14-5-3-4-13(20)10-14/h3-5,10-12H,6-9H2,1-2H3. The molecule has 5 nitrogen and oxygen atoms in total. The lowest BCUT2D eigenvalue weighted by Crippen LogP contribution is -2.49. The number of methoxy groups -OCH3 is 2. The fraction of sp³-hybridized carbons (Fsp3) is 0.316. The number of nitrogens with zero attached hydrogens (tertiary/aromatic N) is 2. The lowest BCUT2D eigenvalue weighted by atomic mass is 10.1. The predicted octanol–water partition coefficient (Wildman–Crippen LogP) is 3.92. The number of benzene rings is 2. The minimum Gasteiger partial charge on any atom is -0.493 e. The summed E-state index contributed by atoms with van der Waals surface area (Å²) < 4.78 is 11.5. The van der Waals surface area contributed by atoms with Crippen molar-refractivity contribution in [1.29, 1.82) is 0 Å². The Balaban J connectivity index is 1.72. The third-order valence-corrected chi connectivity index (χ3v) is 5.57. The van der Waals surface area contributed by atoms with Crippen LogP contribution < -0.4 is 14.4 Å². The topological polar surface area (TPSA) is 42.0 Å². The average molecular weight is 487 g/mol. The van der Waals surface area contributed by atoms with Crippen LogP contribution in [0.5, 0.6) is 11.5 Å². The predicted molar refractivity (Wildman–Crippen MR) is 112 cm³/mol. The van der Waals surface area contributed by atoms with Crippen molar-refractivity contribution in [1.82, 2.24) is 4.90 Å². The molecule has 7 heteroatoms. The molecule has 1 fully saturated rings. The molecular formula is C19H20ClIN2O3. The fourth-order valence-electron chi connectivity index (χ4n) is 3.03. The molecule has 138 valence electrons. The highest BCUT2D eigenvalue weighted by Crippen LogP contribution is 2.32. The second-order valence-electron chi connectivity index (χ2n) is 5.95. The normalized spacial score (nSPS) is 14.3. The second-order valence-corrected chi connectivity index (χ2v) is 7.54. The summed E-state index contributed by atoms with van der Waals surface area (Å²) in [5, 5.41) is 0.723. The Hall–Kier alpha value is -1.67. The van der Waals surface area contributed by atoms with Gasteiger partial charge in [-0.3, -0.25) is 4.79 Å². The molecule has 1 aliphatic heterocycles. The molecule has 0 saturated carbocycles. The van der Waals surface area contributed by atoms with E-state index in [1.165, 1.54) is 0 Å². The lowest BCUT2D eigenvalue weighted by molar-refractivity contribution is 0.0745. The van der Waals surface area contributed by atoms with Crippen LogP contribution in [0, 0.1) is 3.57 Å². The summed E-state index contributed by atoms with van der Waals surface area (Å²) in [5.74, 6) is 1.20. The summed E-state index contributed by atoms with van der Waals surface area (Å²) in [6.45, 7) is 2.87. The molecule has 0 bridgehead atoms.